The molecule has 2 aliphatic rings. The van der Waals surface area contributed by atoms with E-state index >= 15 is 0 Å². The Morgan fingerprint density at radius 2 is 1.90 bits per heavy atom. The number of fused-ring (bicyclic) bond motifs is 1. The summed E-state index contributed by atoms with van der Waals surface area (Å²) in [5, 5.41) is 7.91. The van der Waals surface area contributed by atoms with Gasteiger partial charge in [0.25, 0.3) is 11.8 Å². The Morgan fingerprint density at radius 3 is 2.55 bits per heavy atom. The quantitative estimate of drug-likeness (QED) is 0.803. The van der Waals surface area contributed by atoms with Gasteiger partial charge in [0.1, 0.15) is 5.54 Å². The SMILES string of the molecule is CCN1C(=O)N(CC(C)C)C2(CCN(C(=O)c3n[nH]c4ccccc34)CC2)C1=O. The molecule has 0 bridgehead atoms. The fourth-order valence-electron chi connectivity index (χ4n) is 4.52. The number of rotatable bonds is 4. The zero-order valence-electron chi connectivity index (χ0n) is 17.1. The molecular weight excluding hydrogens is 370 g/mol. The molecular formula is C21H27N5O3. The predicted molar refractivity (Wildman–Crippen MR) is 108 cm³/mol. The Bertz CT molecular complexity index is 958. The molecule has 0 atom stereocenters. The van der Waals surface area contributed by atoms with Crippen molar-refractivity contribution in [1.82, 2.24) is 24.9 Å². The molecule has 4 rings (SSSR count). The Labute approximate surface area is 169 Å². The molecule has 0 saturated carbocycles. The fourth-order valence-corrected chi connectivity index (χ4v) is 4.52. The van der Waals surface area contributed by atoms with Crippen molar-refractivity contribution in [1.29, 1.82) is 0 Å². The van der Waals surface area contributed by atoms with E-state index in [9.17, 15) is 14.4 Å². The molecule has 8 heteroatoms. The highest BCUT2D eigenvalue weighted by atomic mass is 16.2. The molecule has 1 spiro atoms. The standard InChI is InChI=1S/C21H27N5O3/c1-4-25-19(28)21(26(20(25)29)13-14(2)3)9-11-24(12-10-21)18(27)17-15-7-5-6-8-16(15)22-23-17/h5-8,14H,4,9-13H2,1-3H3,(H,22,23). The van der Waals surface area contributed by atoms with Crippen LogP contribution in [0.25, 0.3) is 10.9 Å². The molecule has 1 aromatic heterocycles. The first kappa shape index (κ1) is 19.4. The van der Waals surface area contributed by atoms with Crippen LogP contribution in [0.4, 0.5) is 4.79 Å². The predicted octanol–water partition coefficient (Wildman–Crippen LogP) is 2.48. The third kappa shape index (κ3) is 2.97. The molecule has 2 aromatic rings. The minimum absolute atomic E-state index is 0.122. The van der Waals surface area contributed by atoms with Gasteiger partial charge in [0.15, 0.2) is 5.69 Å². The van der Waals surface area contributed by atoms with Crippen molar-refractivity contribution in [3.8, 4) is 0 Å². The number of nitrogens with one attached hydrogen (secondary N) is 1. The fraction of sp³-hybridized carbons (Fsp3) is 0.524. The molecule has 8 nitrogen and oxygen atoms in total. The second-order valence-corrected chi connectivity index (χ2v) is 8.28. The van der Waals surface area contributed by atoms with Crippen LogP contribution in [0.3, 0.4) is 0 Å². The van der Waals surface area contributed by atoms with Crippen LogP contribution in [0, 0.1) is 5.92 Å². The summed E-state index contributed by atoms with van der Waals surface area (Å²) in [6.07, 6.45) is 0.907. The summed E-state index contributed by atoms with van der Waals surface area (Å²) in [6.45, 7) is 7.66. The van der Waals surface area contributed by atoms with Crippen LogP contribution in [-0.4, -0.2) is 74.5 Å². The maximum atomic E-state index is 13.1. The number of aromatic amines is 1. The largest absolute Gasteiger partial charge is 0.337 e. The lowest BCUT2D eigenvalue weighted by Crippen LogP contribution is -2.58. The number of aromatic nitrogens is 2. The van der Waals surface area contributed by atoms with Gasteiger partial charge in [-0.15, -0.1) is 0 Å². The van der Waals surface area contributed by atoms with Gasteiger partial charge >= 0.3 is 6.03 Å². The number of nitrogens with zero attached hydrogens (tertiary/aromatic N) is 4. The van der Waals surface area contributed by atoms with Crippen LogP contribution in [-0.2, 0) is 4.79 Å². The number of amides is 4. The number of hydrogen-bond acceptors (Lipinski definition) is 4. The van der Waals surface area contributed by atoms with Gasteiger partial charge in [-0.25, -0.2) is 4.79 Å². The number of likely N-dealkylation sites (N-methyl/N-ethyl adjacent to an activating group) is 1. The molecule has 2 fully saturated rings. The number of carbonyl (C=O) groups excluding carboxylic acids is 3. The van der Waals surface area contributed by atoms with Crippen LogP contribution in [0.2, 0.25) is 0 Å². The number of imide groups is 1. The van der Waals surface area contributed by atoms with Crippen LogP contribution in [0.5, 0.6) is 0 Å². The van der Waals surface area contributed by atoms with Crippen LogP contribution in [0.15, 0.2) is 24.3 Å². The van der Waals surface area contributed by atoms with Gasteiger partial charge < -0.3 is 9.80 Å². The second kappa shape index (κ2) is 7.17. The second-order valence-electron chi connectivity index (χ2n) is 8.28. The zero-order chi connectivity index (χ0) is 20.8. The zero-order valence-corrected chi connectivity index (χ0v) is 17.1. The third-order valence-corrected chi connectivity index (χ3v) is 6.04. The molecule has 1 aromatic carbocycles. The Balaban J connectivity index is 1.56. The molecule has 2 aliphatic heterocycles. The van der Waals surface area contributed by atoms with Gasteiger partial charge in [-0.05, 0) is 31.7 Å². The van der Waals surface area contributed by atoms with E-state index < -0.39 is 5.54 Å². The van der Waals surface area contributed by atoms with Gasteiger partial charge in [-0.3, -0.25) is 19.6 Å². The highest BCUT2D eigenvalue weighted by molar-refractivity contribution is 6.08. The maximum Gasteiger partial charge on any atom is 0.327 e. The lowest BCUT2D eigenvalue weighted by atomic mass is 9.85. The van der Waals surface area contributed by atoms with E-state index in [1.807, 2.05) is 45.0 Å². The number of benzene rings is 1. The minimum Gasteiger partial charge on any atom is -0.337 e. The van der Waals surface area contributed by atoms with E-state index in [-0.39, 0.29) is 23.8 Å². The summed E-state index contributed by atoms with van der Waals surface area (Å²) in [5.41, 5.74) is 0.393. The molecule has 0 aliphatic carbocycles. The number of hydrogen-bond donors (Lipinski definition) is 1. The first-order chi connectivity index (χ1) is 13.9. The van der Waals surface area contributed by atoms with Gasteiger partial charge in [-0.2, -0.15) is 5.10 Å². The molecule has 4 amide bonds. The van der Waals surface area contributed by atoms with Crippen molar-refractivity contribution in [2.75, 3.05) is 26.2 Å². The highest BCUT2D eigenvalue weighted by Gasteiger charge is 2.57. The van der Waals surface area contributed by atoms with Crippen molar-refractivity contribution in [2.24, 2.45) is 5.92 Å². The van der Waals surface area contributed by atoms with E-state index in [0.717, 1.165) is 10.9 Å². The minimum atomic E-state index is -0.832. The Kier molecular flexibility index (Phi) is 4.80. The topological polar surface area (TPSA) is 89.6 Å². The molecule has 0 unspecified atom stereocenters. The van der Waals surface area contributed by atoms with Gasteiger partial charge in [-0.1, -0.05) is 32.0 Å². The number of urea groups is 1. The normalized spacial score (nSPS) is 19.2. The summed E-state index contributed by atoms with van der Waals surface area (Å²) in [5.74, 6) is -0.00434. The van der Waals surface area contributed by atoms with E-state index in [4.69, 9.17) is 0 Å². The van der Waals surface area contributed by atoms with E-state index in [2.05, 4.69) is 10.2 Å². The van der Waals surface area contributed by atoms with Crippen LogP contribution < -0.4 is 0 Å². The van der Waals surface area contributed by atoms with E-state index in [1.165, 1.54) is 4.90 Å². The summed E-state index contributed by atoms with van der Waals surface area (Å²) in [7, 11) is 0. The average molecular weight is 397 g/mol. The number of para-hydroxylation sites is 1. The van der Waals surface area contributed by atoms with E-state index in [1.54, 1.807) is 9.80 Å². The van der Waals surface area contributed by atoms with Crippen molar-refractivity contribution in [3.63, 3.8) is 0 Å². The van der Waals surface area contributed by atoms with Crippen LogP contribution >= 0.6 is 0 Å². The van der Waals surface area contributed by atoms with Crippen molar-refractivity contribution in [3.05, 3.63) is 30.0 Å². The number of H-pyrrole nitrogens is 1. The first-order valence-electron chi connectivity index (χ1n) is 10.2. The van der Waals surface area contributed by atoms with Gasteiger partial charge in [0.05, 0.1) is 5.52 Å². The molecule has 3 heterocycles. The van der Waals surface area contributed by atoms with Gasteiger partial charge in [0, 0.05) is 31.6 Å². The highest BCUT2D eigenvalue weighted by Crippen LogP contribution is 2.38. The van der Waals surface area contributed by atoms with Crippen molar-refractivity contribution < 1.29 is 14.4 Å². The number of carbonyl (C=O) groups is 3. The lowest BCUT2D eigenvalue weighted by molar-refractivity contribution is -0.135. The lowest BCUT2D eigenvalue weighted by Gasteiger charge is -2.42. The Hall–Kier alpha value is -2.90. The summed E-state index contributed by atoms with van der Waals surface area (Å²) in [6, 6.07) is 7.33. The maximum absolute atomic E-state index is 13.1. The number of likely N-dealkylation sites (tertiary alicyclic amines) is 1. The Morgan fingerprint density at radius 1 is 1.21 bits per heavy atom. The van der Waals surface area contributed by atoms with Gasteiger partial charge in [0.2, 0.25) is 0 Å². The molecule has 29 heavy (non-hydrogen) atoms. The third-order valence-electron chi connectivity index (χ3n) is 6.04. The van der Waals surface area contributed by atoms with Crippen molar-refractivity contribution in [2.45, 2.75) is 39.2 Å². The smallest absolute Gasteiger partial charge is 0.327 e. The first-order valence-corrected chi connectivity index (χ1v) is 10.2. The molecule has 1 N–H and O–H groups in total. The average Bonchev–Trinajstić information content (AvgIpc) is 3.22. The van der Waals surface area contributed by atoms with Crippen LogP contribution in [0.1, 0.15) is 44.1 Å². The van der Waals surface area contributed by atoms with Crippen molar-refractivity contribution >= 4 is 28.7 Å². The molecule has 154 valence electrons. The summed E-state index contributed by atoms with van der Waals surface area (Å²) >= 11 is 0. The molecule has 0 radical (unpaired) electrons. The monoisotopic (exact) mass is 397 g/mol. The molecule has 2 saturated heterocycles. The summed E-state index contributed by atoms with van der Waals surface area (Å²) < 4.78 is 0. The number of piperidine rings is 1. The van der Waals surface area contributed by atoms with E-state index in [0.29, 0.717) is 44.7 Å². The summed E-state index contributed by atoms with van der Waals surface area (Å²) in [4.78, 5) is 43.9.